The van der Waals surface area contributed by atoms with Crippen molar-refractivity contribution in [3.05, 3.63) is 40.9 Å². The van der Waals surface area contributed by atoms with Gasteiger partial charge in [0.1, 0.15) is 16.6 Å². The van der Waals surface area contributed by atoms with Gasteiger partial charge in [0.05, 0.1) is 11.2 Å². The highest BCUT2D eigenvalue weighted by Gasteiger charge is 2.22. The summed E-state index contributed by atoms with van der Waals surface area (Å²) in [5.41, 5.74) is -1.22. The van der Waals surface area contributed by atoms with Crippen molar-refractivity contribution in [1.82, 2.24) is 4.98 Å². The minimum atomic E-state index is -1.27. The second-order valence-electron chi connectivity index (χ2n) is 4.21. The monoisotopic (exact) mass is 255 g/mol. The number of aliphatic hydroxyl groups is 1. The van der Waals surface area contributed by atoms with E-state index >= 15 is 0 Å². The van der Waals surface area contributed by atoms with Crippen LogP contribution in [-0.2, 0) is 5.60 Å². The molecule has 2 aromatic rings. The van der Waals surface area contributed by atoms with Gasteiger partial charge in [-0.25, -0.2) is 13.8 Å². The maximum Gasteiger partial charge on any atom is 0.136 e. The van der Waals surface area contributed by atoms with Crippen LogP contribution in [0.1, 0.15) is 19.4 Å². The zero-order valence-corrected chi connectivity index (χ0v) is 10.2. The zero-order chi connectivity index (χ0) is 12.6. The summed E-state index contributed by atoms with van der Waals surface area (Å²) in [6.45, 7) is 2.95. The molecular weight excluding hydrogens is 244 g/mol. The third-order valence-electron chi connectivity index (χ3n) is 2.39. The molecule has 0 atom stereocenters. The second-order valence-corrected chi connectivity index (χ2v) is 5.11. The number of nitrogens with zero attached hydrogens (tertiary/aromatic N) is 1. The Morgan fingerprint density at radius 3 is 2.24 bits per heavy atom. The highest BCUT2D eigenvalue weighted by Crippen LogP contribution is 2.31. The molecule has 1 N–H and O–H groups in total. The van der Waals surface area contributed by atoms with E-state index in [0.717, 1.165) is 23.5 Å². The maximum absolute atomic E-state index is 13.8. The van der Waals surface area contributed by atoms with Crippen LogP contribution in [0.5, 0.6) is 0 Å². The van der Waals surface area contributed by atoms with Crippen molar-refractivity contribution in [3.63, 3.8) is 0 Å². The van der Waals surface area contributed by atoms with Gasteiger partial charge in [-0.15, -0.1) is 11.3 Å². The molecule has 0 aliphatic rings. The number of rotatable bonds is 2. The summed E-state index contributed by atoms with van der Waals surface area (Å²) in [6, 6.07) is 2.28. The highest BCUT2D eigenvalue weighted by molar-refractivity contribution is 7.13. The smallest absolute Gasteiger partial charge is 0.136 e. The first-order chi connectivity index (χ1) is 7.89. The van der Waals surface area contributed by atoms with Gasteiger partial charge < -0.3 is 5.11 Å². The summed E-state index contributed by atoms with van der Waals surface area (Å²) in [5.74, 6) is -1.42. The number of thiazole rings is 1. The van der Waals surface area contributed by atoms with Gasteiger partial charge in [0.2, 0.25) is 0 Å². The number of aromatic nitrogens is 1. The molecule has 17 heavy (non-hydrogen) atoms. The van der Waals surface area contributed by atoms with Crippen LogP contribution >= 0.6 is 11.3 Å². The number of benzene rings is 1. The van der Waals surface area contributed by atoms with Gasteiger partial charge in [-0.2, -0.15) is 0 Å². The lowest BCUT2D eigenvalue weighted by Gasteiger charge is -2.18. The number of halogens is 2. The number of hydrogen-bond donors (Lipinski definition) is 1. The quantitative estimate of drug-likeness (QED) is 0.893. The van der Waals surface area contributed by atoms with Crippen molar-refractivity contribution >= 4 is 11.3 Å². The van der Waals surface area contributed by atoms with E-state index in [4.69, 9.17) is 0 Å². The van der Waals surface area contributed by atoms with Gasteiger partial charge in [-0.05, 0) is 31.5 Å². The fourth-order valence-corrected chi connectivity index (χ4v) is 2.16. The molecule has 0 saturated heterocycles. The van der Waals surface area contributed by atoms with E-state index < -0.39 is 17.2 Å². The molecule has 1 aromatic carbocycles. The van der Waals surface area contributed by atoms with Crippen molar-refractivity contribution < 1.29 is 13.9 Å². The van der Waals surface area contributed by atoms with Gasteiger partial charge in [-0.3, -0.25) is 0 Å². The van der Waals surface area contributed by atoms with E-state index in [1.54, 1.807) is 5.38 Å². The highest BCUT2D eigenvalue weighted by atomic mass is 32.1. The molecule has 0 radical (unpaired) electrons. The lowest BCUT2D eigenvalue weighted by atomic mass is 9.96. The lowest BCUT2D eigenvalue weighted by molar-refractivity contribution is 0.0779. The van der Waals surface area contributed by atoms with Crippen molar-refractivity contribution in [2.75, 3.05) is 0 Å². The second kappa shape index (κ2) is 4.16. The van der Waals surface area contributed by atoms with Crippen molar-refractivity contribution in [2.24, 2.45) is 0 Å². The predicted molar refractivity (Wildman–Crippen MR) is 62.7 cm³/mol. The summed E-state index contributed by atoms with van der Waals surface area (Å²) >= 11 is 1.16. The van der Waals surface area contributed by atoms with Gasteiger partial charge in [0.15, 0.2) is 0 Å². The molecule has 1 aromatic heterocycles. The molecule has 5 heteroatoms. The van der Waals surface area contributed by atoms with Crippen molar-refractivity contribution in [3.8, 4) is 10.6 Å². The van der Waals surface area contributed by atoms with E-state index in [-0.39, 0.29) is 11.1 Å². The Morgan fingerprint density at radius 2 is 1.82 bits per heavy atom. The summed E-state index contributed by atoms with van der Waals surface area (Å²) in [6.07, 6.45) is 1.49. The lowest BCUT2D eigenvalue weighted by Crippen LogP contribution is -2.16. The topological polar surface area (TPSA) is 33.1 Å². The molecule has 0 aliphatic heterocycles. The van der Waals surface area contributed by atoms with E-state index in [0.29, 0.717) is 5.01 Å². The summed E-state index contributed by atoms with van der Waals surface area (Å²) in [5, 5.41) is 11.7. The van der Waals surface area contributed by atoms with Gasteiger partial charge in [-0.1, -0.05) is 0 Å². The van der Waals surface area contributed by atoms with Gasteiger partial charge in [0, 0.05) is 11.6 Å². The Kier molecular flexibility index (Phi) is 2.97. The minimum Gasteiger partial charge on any atom is -0.386 e. The SMILES string of the molecule is CC(C)(O)c1cc(F)c(-c2nccs2)c(F)c1. The maximum atomic E-state index is 13.8. The predicted octanol–water partition coefficient (Wildman–Crippen LogP) is 3.32. The fourth-order valence-electron chi connectivity index (χ4n) is 1.48. The molecule has 90 valence electrons. The van der Waals surface area contributed by atoms with E-state index in [9.17, 15) is 13.9 Å². The van der Waals surface area contributed by atoms with Crippen LogP contribution in [-0.4, -0.2) is 10.1 Å². The molecule has 0 unspecified atom stereocenters. The molecule has 0 amide bonds. The zero-order valence-electron chi connectivity index (χ0n) is 9.37. The average Bonchev–Trinajstić information content (AvgIpc) is 2.68. The van der Waals surface area contributed by atoms with Crippen LogP contribution in [0.15, 0.2) is 23.7 Å². The Hall–Kier alpha value is -1.33. The summed E-state index contributed by atoms with van der Waals surface area (Å²) < 4.78 is 27.6. The van der Waals surface area contributed by atoms with Crippen LogP contribution < -0.4 is 0 Å². The molecule has 0 fully saturated rings. The van der Waals surface area contributed by atoms with E-state index in [2.05, 4.69) is 4.98 Å². The molecule has 0 saturated carbocycles. The molecule has 0 aliphatic carbocycles. The van der Waals surface area contributed by atoms with Crippen LogP contribution in [0.3, 0.4) is 0 Å². The van der Waals surface area contributed by atoms with E-state index in [1.165, 1.54) is 20.0 Å². The molecule has 2 rings (SSSR count). The Balaban J connectivity index is 2.58. The Morgan fingerprint density at radius 1 is 1.24 bits per heavy atom. The minimum absolute atomic E-state index is 0.145. The molecule has 0 bridgehead atoms. The van der Waals surface area contributed by atoms with Gasteiger partial charge >= 0.3 is 0 Å². The van der Waals surface area contributed by atoms with Crippen molar-refractivity contribution in [1.29, 1.82) is 0 Å². The van der Waals surface area contributed by atoms with Gasteiger partial charge in [0.25, 0.3) is 0 Å². The first-order valence-corrected chi connectivity index (χ1v) is 5.89. The first kappa shape index (κ1) is 12.1. The first-order valence-electron chi connectivity index (χ1n) is 5.01. The van der Waals surface area contributed by atoms with Crippen LogP contribution in [0.25, 0.3) is 10.6 Å². The third kappa shape index (κ3) is 2.35. The number of hydrogen-bond acceptors (Lipinski definition) is 3. The molecular formula is C12H11F2NOS. The van der Waals surface area contributed by atoms with E-state index in [1.807, 2.05) is 0 Å². The van der Waals surface area contributed by atoms with Crippen LogP contribution in [0.4, 0.5) is 8.78 Å². The Labute approximate surface area is 102 Å². The molecule has 2 nitrogen and oxygen atoms in total. The van der Waals surface area contributed by atoms with Crippen LogP contribution in [0, 0.1) is 11.6 Å². The summed E-state index contributed by atoms with van der Waals surface area (Å²) in [4.78, 5) is 3.88. The molecule has 1 heterocycles. The normalized spacial score (nSPS) is 11.8. The molecule has 0 spiro atoms. The van der Waals surface area contributed by atoms with Crippen LogP contribution in [0.2, 0.25) is 0 Å². The average molecular weight is 255 g/mol. The van der Waals surface area contributed by atoms with Crippen molar-refractivity contribution in [2.45, 2.75) is 19.4 Å². The fraction of sp³-hybridized carbons (Fsp3) is 0.250. The Bertz CT molecular complexity index is 509. The summed E-state index contributed by atoms with van der Waals surface area (Å²) in [7, 11) is 0. The third-order valence-corrected chi connectivity index (χ3v) is 3.19. The standard InChI is InChI=1S/C12H11F2NOS/c1-12(2,16)7-5-8(13)10(9(14)6-7)11-15-3-4-17-11/h3-6,16H,1-2H3. The largest absolute Gasteiger partial charge is 0.386 e.